The molecule has 1 heterocycles. The van der Waals surface area contributed by atoms with Crippen LogP contribution in [0.4, 0.5) is 0 Å². The SMILES string of the molecule is CC1(C)OC=C(COc2ccc(B(O)O)cc2)O1. The fourth-order valence-corrected chi connectivity index (χ4v) is 1.53. The molecule has 0 aromatic heterocycles. The summed E-state index contributed by atoms with van der Waals surface area (Å²) in [5.74, 6) is 0.601. The molecule has 0 saturated heterocycles. The third kappa shape index (κ3) is 3.18. The molecular formula is C12H15BO5. The van der Waals surface area contributed by atoms with Gasteiger partial charge in [0.05, 0.1) is 0 Å². The summed E-state index contributed by atoms with van der Waals surface area (Å²) in [6, 6.07) is 6.50. The van der Waals surface area contributed by atoms with E-state index in [4.69, 9.17) is 24.3 Å². The Kier molecular flexibility index (Phi) is 3.49. The third-order valence-corrected chi connectivity index (χ3v) is 2.41. The van der Waals surface area contributed by atoms with Gasteiger partial charge in [-0.25, -0.2) is 0 Å². The molecule has 2 N–H and O–H groups in total. The van der Waals surface area contributed by atoms with Gasteiger partial charge in [-0.3, -0.25) is 0 Å². The minimum absolute atomic E-state index is 0.268. The normalized spacial score (nSPS) is 16.6. The first-order valence-corrected chi connectivity index (χ1v) is 5.61. The van der Waals surface area contributed by atoms with Crippen molar-refractivity contribution in [2.24, 2.45) is 0 Å². The van der Waals surface area contributed by atoms with Gasteiger partial charge in [-0.2, -0.15) is 0 Å². The molecule has 0 unspecified atom stereocenters. The molecule has 1 aromatic rings. The molecule has 0 bridgehead atoms. The fourth-order valence-electron chi connectivity index (χ4n) is 1.53. The maximum absolute atomic E-state index is 8.94. The van der Waals surface area contributed by atoms with E-state index in [0.717, 1.165) is 0 Å². The fraction of sp³-hybridized carbons (Fsp3) is 0.333. The minimum Gasteiger partial charge on any atom is -0.486 e. The molecule has 0 fully saturated rings. The summed E-state index contributed by atoms with van der Waals surface area (Å²) < 4.78 is 16.2. The van der Waals surface area contributed by atoms with Gasteiger partial charge in [0.1, 0.15) is 18.6 Å². The second-order valence-corrected chi connectivity index (χ2v) is 4.44. The van der Waals surface area contributed by atoms with E-state index in [0.29, 0.717) is 17.0 Å². The van der Waals surface area contributed by atoms with Crippen molar-refractivity contribution in [3.05, 3.63) is 36.3 Å². The number of ether oxygens (including phenoxy) is 3. The molecular weight excluding hydrogens is 235 g/mol. The quantitative estimate of drug-likeness (QED) is 0.755. The average molecular weight is 250 g/mol. The molecule has 2 rings (SSSR count). The van der Waals surface area contributed by atoms with Crippen LogP contribution in [0.3, 0.4) is 0 Å². The Labute approximate surface area is 106 Å². The van der Waals surface area contributed by atoms with Gasteiger partial charge < -0.3 is 24.3 Å². The molecule has 0 aliphatic carbocycles. The summed E-state index contributed by atoms with van der Waals surface area (Å²) in [4.78, 5) is 0. The lowest BCUT2D eigenvalue weighted by Crippen LogP contribution is -2.29. The molecule has 18 heavy (non-hydrogen) atoms. The maximum atomic E-state index is 8.94. The Hall–Kier alpha value is -1.66. The van der Waals surface area contributed by atoms with E-state index in [1.807, 2.05) is 13.8 Å². The summed E-state index contributed by atoms with van der Waals surface area (Å²) >= 11 is 0. The van der Waals surface area contributed by atoms with E-state index in [1.54, 1.807) is 24.3 Å². The van der Waals surface area contributed by atoms with Crippen LogP contribution in [0.15, 0.2) is 36.3 Å². The van der Waals surface area contributed by atoms with E-state index >= 15 is 0 Å². The molecule has 0 atom stereocenters. The predicted octanol–water partition coefficient (Wildman–Crippen LogP) is 0.369. The maximum Gasteiger partial charge on any atom is 0.488 e. The Morgan fingerprint density at radius 2 is 1.89 bits per heavy atom. The lowest BCUT2D eigenvalue weighted by atomic mass is 9.80. The van der Waals surface area contributed by atoms with Crippen molar-refractivity contribution < 1.29 is 24.3 Å². The zero-order chi connectivity index (χ0) is 13.2. The molecule has 1 aliphatic rings. The molecule has 6 heteroatoms. The van der Waals surface area contributed by atoms with Gasteiger partial charge >= 0.3 is 7.12 Å². The zero-order valence-corrected chi connectivity index (χ0v) is 10.3. The number of rotatable bonds is 4. The first kappa shape index (κ1) is 12.8. The number of benzene rings is 1. The average Bonchev–Trinajstić information content (AvgIpc) is 2.67. The third-order valence-electron chi connectivity index (χ3n) is 2.41. The number of hydrogen-bond donors (Lipinski definition) is 2. The molecule has 5 nitrogen and oxygen atoms in total. The van der Waals surface area contributed by atoms with Gasteiger partial charge in [0.25, 0.3) is 0 Å². The number of hydrogen-bond acceptors (Lipinski definition) is 5. The summed E-state index contributed by atoms with van der Waals surface area (Å²) in [5.41, 5.74) is 0.420. The molecule has 1 aliphatic heterocycles. The molecule has 1 aromatic carbocycles. The summed E-state index contributed by atoms with van der Waals surface area (Å²) in [6.45, 7) is 3.90. The van der Waals surface area contributed by atoms with E-state index in [1.165, 1.54) is 6.26 Å². The summed E-state index contributed by atoms with van der Waals surface area (Å²) in [5, 5.41) is 17.9. The lowest BCUT2D eigenvalue weighted by molar-refractivity contribution is -0.119. The van der Waals surface area contributed by atoms with Crippen LogP contribution in [0.1, 0.15) is 13.8 Å². The van der Waals surface area contributed by atoms with E-state index < -0.39 is 12.9 Å². The highest BCUT2D eigenvalue weighted by Gasteiger charge is 2.27. The standard InChI is InChI=1S/C12H15BO5/c1-12(2)17-8-11(18-12)7-16-10-5-3-9(4-6-10)13(14)15/h3-6,8,14-15H,7H2,1-2H3. The Morgan fingerprint density at radius 1 is 1.22 bits per heavy atom. The minimum atomic E-state index is -1.46. The Bertz CT molecular complexity index is 438. The van der Waals surface area contributed by atoms with Gasteiger partial charge in [-0.15, -0.1) is 0 Å². The van der Waals surface area contributed by atoms with Crippen molar-refractivity contribution >= 4 is 12.6 Å². The van der Waals surface area contributed by atoms with Crippen LogP contribution < -0.4 is 10.2 Å². The highest BCUT2D eigenvalue weighted by molar-refractivity contribution is 6.58. The second kappa shape index (κ2) is 4.92. The van der Waals surface area contributed by atoms with Crippen LogP contribution in [-0.4, -0.2) is 29.6 Å². The smallest absolute Gasteiger partial charge is 0.486 e. The summed E-state index contributed by atoms with van der Waals surface area (Å²) in [6.07, 6.45) is 1.53. The highest BCUT2D eigenvalue weighted by Crippen LogP contribution is 2.24. The molecule has 0 spiro atoms. The second-order valence-electron chi connectivity index (χ2n) is 4.44. The topological polar surface area (TPSA) is 68.2 Å². The van der Waals surface area contributed by atoms with Gasteiger partial charge in [-0.05, 0) is 17.6 Å². The first-order chi connectivity index (χ1) is 8.46. The largest absolute Gasteiger partial charge is 0.488 e. The zero-order valence-electron chi connectivity index (χ0n) is 10.3. The van der Waals surface area contributed by atoms with Gasteiger partial charge in [0.15, 0.2) is 5.76 Å². The predicted molar refractivity (Wildman–Crippen MR) is 66.1 cm³/mol. The summed E-state index contributed by atoms with van der Waals surface area (Å²) in [7, 11) is -1.46. The van der Waals surface area contributed by atoms with Crippen molar-refractivity contribution in [1.29, 1.82) is 0 Å². The Morgan fingerprint density at radius 3 is 2.39 bits per heavy atom. The van der Waals surface area contributed by atoms with Gasteiger partial charge in [-0.1, -0.05) is 12.1 Å². The van der Waals surface area contributed by atoms with Gasteiger partial charge in [0.2, 0.25) is 5.79 Å². The van der Waals surface area contributed by atoms with Crippen LogP contribution in [0.5, 0.6) is 5.75 Å². The van der Waals surface area contributed by atoms with Crippen molar-refractivity contribution in [1.82, 2.24) is 0 Å². The van der Waals surface area contributed by atoms with Crippen LogP contribution in [0, 0.1) is 0 Å². The molecule has 0 radical (unpaired) electrons. The Balaban J connectivity index is 1.88. The molecule has 0 amide bonds. The van der Waals surface area contributed by atoms with Crippen molar-refractivity contribution in [3.63, 3.8) is 0 Å². The van der Waals surface area contributed by atoms with E-state index in [9.17, 15) is 0 Å². The van der Waals surface area contributed by atoms with Crippen molar-refractivity contribution in [2.75, 3.05) is 6.61 Å². The van der Waals surface area contributed by atoms with Crippen LogP contribution in [0.25, 0.3) is 0 Å². The van der Waals surface area contributed by atoms with Crippen LogP contribution in [-0.2, 0) is 9.47 Å². The monoisotopic (exact) mass is 250 g/mol. The van der Waals surface area contributed by atoms with E-state index in [2.05, 4.69) is 0 Å². The molecule has 96 valence electrons. The lowest BCUT2D eigenvalue weighted by Gasteiger charge is -2.18. The first-order valence-electron chi connectivity index (χ1n) is 5.61. The molecule has 0 saturated carbocycles. The van der Waals surface area contributed by atoms with Crippen LogP contribution >= 0.6 is 0 Å². The van der Waals surface area contributed by atoms with E-state index in [-0.39, 0.29) is 6.61 Å². The van der Waals surface area contributed by atoms with Crippen molar-refractivity contribution in [3.8, 4) is 5.75 Å². The van der Waals surface area contributed by atoms with Gasteiger partial charge in [0, 0.05) is 13.8 Å². The highest BCUT2D eigenvalue weighted by atomic mass is 16.7. The van der Waals surface area contributed by atoms with Crippen molar-refractivity contribution in [2.45, 2.75) is 19.6 Å². The van der Waals surface area contributed by atoms with Crippen LogP contribution in [0.2, 0.25) is 0 Å².